The van der Waals surface area contributed by atoms with E-state index in [-0.39, 0.29) is 12.1 Å². The van der Waals surface area contributed by atoms with Crippen LogP contribution in [-0.4, -0.2) is 9.78 Å². The van der Waals surface area contributed by atoms with Crippen LogP contribution in [0, 0.1) is 18.6 Å². The SMILES string of the molecule is Cc1c(C(C)NC(C)c2cc(F)ccc2F)cnn1C. The monoisotopic (exact) mass is 279 g/mol. The molecule has 0 bridgehead atoms. The highest BCUT2D eigenvalue weighted by Crippen LogP contribution is 2.23. The van der Waals surface area contributed by atoms with Gasteiger partial charge in [-0.2, -0.15) is 5.10 Å². The zero-order valence-electron chi connectivity index (χ0n) is 12.1. The number of hydrogen-bond donors (Lipinski definition) is 1. The van der Waals surface area contributed by atoms with E-state index in [1.807, 2.05) is 27.8 Å². The molecule has 108 valence electrons. The van der Waals surface area contributed by atoms with Gasteiger partial charge in [-0.3, -0.25) is 4.68 Å². The first-order chi connectivity index (χ1) is 9.40. The van der Waals surface area contributed by atoms with E-state index in [9.17, 15) is 8.78 Å². The molecule has 2 aromatic rings. The Bertz CT molecular complexity index is 607. The van der Waals surface area contributed by atoms with Crippen LogP contribution in [0.2, 0.25) is 0 Å². The van der Waals surface area contributed by atoms with Crippen molar-refractivity contribution in [1.29, 1.82) is 0 Å². The molecule has 0 saturated heterocycles. The first-order valence-electron chi connectivity index (χ1n) is 6.59. The summed E-state index contributed by atoms with van der Waals surface area (Å²) in [5.41, 5.74) is 2.44. The van der Waals surface area contributed by atoms with E-state index >= 15 is 0 Å². The fraction of sp³-hybridized carbons (Fsp3) is 0.400. The molecule has 1 N–H and O–H groups in total. The summed E-state index contributed by atoms with van der Waals surface area (Å²) in [6.45, 7) is 5.78. The highest BCUT2D eigenvalue weighted by Gasteiger charge is 2.17. The largest absolute Gasteiger partial charge is 0.303 e. The van der Waals surface area contributed by atoms with Crippen molar-refractivity contribution in [1.82, 2.24) is 15.1 Å². The molecule has 0 aliphatic rings. The maximum Gasteiger partial charge on any atom is 0.128 e. The number of nitrogens with zero attached hydrogens (tertiary/aromatic N) is 2. The molecule has 2 rings (SSSR count). The van der Waals surface area contributed by atoms with Gasteiger partial charge in [0, 0.05) is 36.0 Å². The van der Waals surface area contributed by atoms with Crippen molar-refractivity contribution in [3.63, 3.8) is 0 Å². The van der Waals surface area contributed by atoms with Crippen molar-refractivity contribution < 1.29 is 8.78 Å². The van der Waals surface area contributed by atoms with Crippen LogP contribution in [0.25, 0.3) is 0 Å². The van der Waals surface area contributed by atoms with Gasteiger partial charge in [-0.25, -0.2) is 8.78 Å². The smallest absolute Gasteiger partial charge is 0.128 e. The van der Waals surface area contributed by atoms with E-state index in [2.05, 4.69) is 10.4 Å². The van der Waals surface area contributed by atoms with Crippen molar-refractivity contribution in [2.75, 3.05) is 0 Å². The predicted octanol–water partition coefficient (Wildman–Crippen LogP) is 3.42. The van der Waals surface area contributed by atoms with Gasteiger partial charge in [0.2, 0.25) is 0 Å². The lowest BCUT2D eigenvalue weighted by atomic mass is 10.0. The second-order valence-electron chi connectivity index (χ2n) is 5.08. The number of rotatable bonds is 4. The van der Waals surface area contributed by atoms with Crippen LogP contribution in [0.3, 0.4) is 0 Å². The van der Waals surface area contributed by atoms with Crippen molar-refractivity contribution in [2.45, 2.75) is 32.9 Å². The summed E-state index contributed by atoms with van der Waals surface area (Å²) in [4.78, 5) is 0. The fourth-order valence-electron chi connectivity index (χ4n) is 2.34. The van der Waals surface area contributed by atoms with Crippen molar-refractivity contribution >= 4 is 0 Å². The number of nitrogens with one attached hydrogen (secondary N) is 1. The van der Waals surface area contributed by atoms with Gasteiger partial charge >= 0.3 is 0 Å². The van der Waals surface area contributed by atoms with Gasteiger partial charge in [0.05, 0.1) is 6.20 Å². The van der Waals surface area contributed by atoms with Gasteiger partial charge < -0.3 is 5.32 Å². The van der Waals surface area contributed by atoms with Gasteiger partial charge in [-0.15, -0.1) is 0 Å². The second kappa shape index (κ2) is 5.71. The molecular weight excluding hydrogens is 260 g/mol. The summed E-state index contributed by atoms with van der Waals surface area (Å²) < 4.78 is 28.8. The van der Waals surface area contributed by atoms with Crippen LogP contribution in [0.1, 0.15) is 42.8 Å². The molecule has 0 aliphatic heterocycles. The Labute approximate surface area is 117 Å². The minimum atomic E-state index is -0.430. The molecule has 0 spiro atoms. The molecule has 20 heavy (non-hydrogen) atoms. The van der Waals surface area contributed by atoms with Crippen molar-refractivity contribution in [2.24, 2.45) is 7.05 Å². The lowest BCUT2D eigenvalue weighted by molar-refractivity contribution is 0.468. The number of hydrogen-bond acceptors (Lipinski definition) is 2. The molecule has 0 saturated carbocycles. The quantitative estimate of drug-likeness (QED) is 0.929. The zero-order valence-corrected chi connectivity index (χ0v) is 12.1. The second-order valence-corrected chi connectivity index (χ2v) is 5.08. The summed E-state index contributed by atoms with van der Waals surface area (Å²) in [6.07, 6.45) is 1.79. The number of benzene rings is 1. The molecule has 2 unspecified atom stereocenters. The van der Waals surface area contributed by atoms with E-state index in [4.69, 9.17) is 0 Å². The molecule has 0 fully saturated rings. The van der Waals surface area contributed by atoms with Gasteiger partial charge in [0.15, 0.2) is 0 Å². The first-order valence-corrected chi connectivity index (χ1v) is 6.59. The van der Waals surface area contributed by atoms with E-state index in [0.29, 0.717) is 5.56 Å². The summed E-state index contributed by atoms with van der Waals surface area (Å²) in [6, 6.07) is 3.22. The Morgan fingerprint density at radius 2 is 1.80 bits per heavy atom. The molecule has 1 aromatic heterocycles. The topological polar surface area (TPSA) is 29.9 Å². The number of halogens is 2. The van der Waals surface area contributed by atoms with Crippen molar-refractivity contribution in [3.8, 4) is 0 Å². The molecule has 0 aliphatic carbocycles. The Hall–Kier alpha value is -1.75. The van der Waals surface area contributed by atoms with Gasteiger partial charge in [0.25, 0.3) is 0 Å². The molecule has 5 heteroatoms. The van der Waals surface area contributed by atoms with Gasteiger partial charge in [-0.05, 0) is 39.0 Å². The van der Waals surface area contributed by atoms with E-state index in [1.54, 1.807) is 10.9 Å². The van der Waals surface area contributed by atoms with Gasteiger partial charge in [0.1, 0.15) is 11.6 Å². The third-order valence-corrected chi connectivity index (χ3v) is 3.66. The maximum absolute atomic E-state index is 13.7. The highest BCUT2D eigenvalue weighted by molar-refractivity contribution is 5.24. The Morgan fingerprint density at radius 1 is 1.15 bits per heavy atom. The third kappa shape index (κ3) is 2.88. The van der Waals surface area contributed by atoms with E-state index < -0.39 is 11.6 Å². The average Bonchev–Trinajstić information content (AvgIpc) is 2.73. The molecule has 0 amide bonds. The third-order valence-electron chi connectivity index (χ3n) is 3.66. The summed E-state index contributed by atoms with van der Waals surface area (Å²) in [5.74, 6) is -0.832. The van der Waals surface area contributed by atoms with Crippen LogP contribution in [0.5, 0.6) is 0 Å². The minimum absolute atomic E-state index is 0.00127. The van der Waals surface area contributed by atoms with Crippen LogP contribution >= 0.6 is 0 Å². The lowest BCUT2D eigenvalue weighted by Gasteiger charge is -2.21. The van der Waals surface area contributed by atoms with Crippen LogP contribution in [0.4, 0.5) is 8.78 Å². The summed E-state index contributed by atoms with van der Waals surface area (Å²) in [5, 5.41) is 7.47. The molecular formula is C15H19F2N3. The standard InChI is InChI=1S/C15H19F2N3/c1-9(13-7-12(16)5-6-15(13)17)19-10(2)14-8-18-20(4)11(14)3/h5-10,19H,1-4H3. The first kappa shape index (κ1) is 14.7. The average molecular weight is 279 g/mol. The predicted molar refractivity (Wildman–Crippen MR) is 74.3 cm³/mol. The maximum atomic E-state index is 13.7. The Kier molecular flexibility index (Phi) is 4.18. The Morgan fingerprint density at radius 3 is 2.40 bits per heavy atom. The molecule has 2 atom stereocenters. The highest BCUT2D eigenvalue weighted by atomic mass is 19.1. The molecule has 0 radical (unpaired) electrons. The molecule has 1 heterocycles. The van der Waals surface area contributed by atoms with Crippen molar-refractivity contribution in [3.05, 3.63) is 52.9 Å². The fourth-order valence-corrected chi connectivity index (χ4v) is 2.34. The number of aromatic nitrogens is 2. The van der Waals surface area contributed by atoms with E-state index in [0.717, 1.165) is 23.4 Å². The number of aryl methyl sites for hydroxylation is 1. The Balaban J connectivity index is 2.17. The summed E-state index contributed by atoms with van der Waals surface area (Å²) in [7, 11) is 1.88. The van der Waals surface area contributed by atoms with E-state index in [1.165, 1.54) is 6.07 Å². The van der Waals surface area contributed by atoms with Gasteiger partial charge in [-0.1, -0.05) is 0 Å². The zero-order chi connectivity index (χ0) is 14.9. The molecule has 3 nitrogen and oxygen atoms in total. The normalized spacial score (nSPS) is 14.3. The minimum Gasteiger partial charge on any atom is -0.303 e. The summed E-state index contributed by atoms with van der Waals surface area (Å²) >= 11 is 0. The molecule has 1 aromatic carbocycles. The van der Waals surface area contributed by atoms with Crippen LogP contribution in [0.15, 0.2) is 24.4 Å². The lowest BCUT2D eigenvalue weighted by Crippen LogP contribution is -2.23. The van der Waals surface area contributed by atoms with Crippen LogP contribution in [-0.2, 0) is 7.05 Å². The van der Waals surface area contributed by atoms with Crippen LogP contribution < -0.4 is 5.32 Å².